The van der Waals surface area contributed by atoms with Gasteiger partial charge in [-0.05, 0) is 56.0 Å². The normalized spacial score (nSPS) is 14.3. The van der Waals surface area contributed by atoms with Gasteiger partial charge in [-0.2, -0.15) is 0 Å². The minimum absolute atomic E-state index is 0.104. The number of aryl methyl sites for hydroxylation is 2. The first-order valence-electron chi connectivity index (χ1n) is 11.3. The van der Waals surface area contributed by atoms with Gasteiger partial charge in [0.25, 0.3) is 5.56 Å². The first-order valence-corrected chi connectivity index (χ1v) is 11.3. The highest BCUT2D eigenvalue weighted by Gasteiger charge is 2.27. The number of fused-ring (bicyclic) bond motifs is 1. The molecule has 0 unspecified atom stereocenters. The summed E-state index contributed by atoms with van der Waals surface area (Å²) >= 11 is 0. The predicted molar refractivity (Wildman–Crippen MR) is 128 cm³/mol. The summed E-state index contributed by atoms with van der Waals surface area (Å²) in [5.41, 5.74) is 4.09. The van der Waals surface area contributed by atoms with Crippen LogP contribution in [0.5, 0.6) is 5.75 Å². The number of H-pyrrole nitrogens is 1. The second-order valence-electron chi connectivity index (χ2n) is 8.66. The van der Waals surface area contributed by atoms with Crippen molar-refractivity contribution in [1.29, 1.82) is 0 Å². The van der Waals surface area contributed by atoms with Crippen molar-refractivity contribution in [2.45, 2.75) is 58.5 Å². The maximum atomic E-state index is 13.4. The van der Waals surface area contributed by atoms with Crippen molar-refractivity contribution in [1.82, 2.24) is 9.88 Å². The highest BCUT2D eigenvalue weighted by atomic mass is 16.5. The predicted octanol–water partition coefficient (Wildman–Crippen LogP) is 5.52. The quantitative estimate of drug-likeness (QED) is 0.556. The molecule has 6 heteroatoms. The van der Waals surface area contributed by atoms with Crippen LogP contribution in [0.3, 0.4) is 0 Å². The molecule has 4 rings (SSSR count). The van der Waals surface area contributed by atoms with Crippen LogP contribution >= 0.6 is 0 Å². The summed E-state index contributed by atoms with van der Waals surface area (Å²) in [6, 6.07) is 13.3. The van der Waals surface area contributed by atoms with E-state index in [2.05, 4.69) is 16.4 Å². The number of rotatable bonds is 5. The van der Waals surface area contributed by atoms with Crippen LogP contribution in [-0.4, -0.2) is 29.1 Å². The van der Waals surface area contributed by atoms with E-state index >= 15 is 0 Å². The number of carbonyl (C=O) groups excluding carboxylic acids is 1. The number of anilines is 1. The summed E-state index contributed by atoms with van der Waals surface area (Å²) in [5.74, 6) is 0.610. The van der Waals surface area contributed by atoms with Gasteiger partial charge in [-0.15, -0.1) is 0 Å². The molecule has 6 nitrogen and oxygen atoms in total. The lowest BCUT2D eigenvalue weighted by atomic mass is 9.94. The highest BCUT2D eigenvalue weighted by Crippen LogP contribution is 2.28. The second-order valence-corrected chi connectivity index (χ2v) is 8.66. The Labute approximate surface area is 188 Å². The number of carbonyl (C=O) groups is 1. The number of pyridine rings is 1. The van der Waals surface area contributed by atoms with E-state index in [1.54, 1.807) is 7.11 Å². The molecule has 2 aromatic carbocycles. The molecule has 3 aromatic rings. The van der Waals surface area contributed by atoms with E-state index in [1.165, 1.54) is 6.42 Å². The third-order valence-corrected chi connectivity index (χ3v) is 6.49. The molecule has 2 N–H and O–H groups in total. The average molecular weight is 434 g/mol. The highest BCUT2D eigenvalue weighted by molar-refractivity contribution is 5.91. The Hall–Kier alpha value is -3.28. The molecule has 1 fully saturated rings. The fourth-order valence-electron chi connectivity index (χ4n) is 4.61. The van der Waals surface area contributed by atoms with Crippen LogP contribution < -0.4 is 15.6 Å². The molecule has 168 valence electrons. The first-order chi connectivity index (χ1) is 15.5. The lowest BCUT2D eigenvalue weighted by Crippen LogP contribution is -2.44. The summed E-state index contributed by atoms with van der Waals surface area (Å²) in [6.07, 6.45) is 5.27. The Bertz CT molecular complexity index is 1180. The third-order valence-electron chi connectivity index (χ3n) is 6.49. The number of para-hydroxylation sites is 2. The molecule has 0 bridgehead atoms. The molecule has 32 heavy (non-hydrogen) atoms. The van der Waals surface area contributed by atoms with Crippen molar-refractivity contribution in [3.63, 3.8) is 0 Å². The molecule has 0 saturated heterocycles. The first kappa shape index (κ1) is 21.9. The van der Waals surface area contributed by atoms with Crippen LogP contribution in [0.15, 0.2) is 47.3 Å². The molecule has 1 heterocycles. The van der Waals surface area contributed by atoms with E-state index in [9.17, 15) is 9.59 Å². The molecule has 0 spiro atoms. The SMILES string of the molecule is COc1ccccc1NC(=O)N(Cc1cc2c(C)ccc(C)c2[nH]c1=O)C1CCCCC1. The van der Waals surface area contributed by atoms with E-state index in [0.29, 0.717) is 17.0 Å². The molecule has 0 aliphatic heterocycles. The molecule has 1 aliphatic carbocycles. The third kappa shape index (κ3) is 4.49. The topological polar surface area (TPSA) is 74.4 Å². The van der Waals surface area contributed by atoms with Gasteiger partial charge in [-0.25, -0.2) is 4.79 Å². The molecule has 0 atom stereocenters. The number of methoxy groups -OCH3 is 1. The van der Waals surface area contributed by atoms with Crippen LogP contribution in [-0.2, 0) is 6.54 Å². The minimum Gasteiger partial charge on any atom is -0.495 e. The molecule has 1 aliphatic rings. The van der Waals surface area contributed by atoms with Crippen LogP contribution in [0.25, 0.3) is 10.9 Å². The van der Waals surface area contributed by atoms with Gasteiger partial charge in [-0.3, -0.25) is 4.79 Å². The Morgan fingerprint density at radius 2 is 1.81 bits per heavy atom. The second kappa shape index (κ2) is 9.47. The number of ether oxygens (including phenoxy) is 1. The Kier molecular flexibility index (Phi) is 6.49. The van der Waals surface area contributed by atoms with Gasteiger partial charge in [0.1, 0.15) is 5.75 Å². The van der Waals surface area contributed by atoms with E-state index in [0.717, 1.165) is 47.7 Å². The molecule has 1 aromatic heterocycles. The number of aromatic nitrogens is 1. The standard InChI is InChI=1S/C26H31N3O3/c1-17-13-14-18(2)24-21(17)15-19(25(30)28-24)16-29(20-9-5-4-6-10-20)26(31)27-22-11-7-8-12-23(22)32-3/h7-8,11-15,20H,4-6,9-10,16H2,1-3H3,(H,27,31)(H,28,30). The number of hydrogen-bond donors (Lipinski definition) is 2. The van der Waals surface area contributed by atoms with Crippen LogP contribution in [0.1, 0.15) is 48.8 Å². The van der Waals surface area contributed by atoms with Crippen molar-refractivity contribution in [2.75, 3.05) is 12.4 Å². The number of amides is 2. The van der Waals surface area contributed by atoms with Crippen molar-refractivity contribution >= 4 is 22.6 Å². The number of urea groups is 1. The van der Waals surface area contributed by atoms with E-state index in [4.69, 9.17) is 4.74 Å². The summed E-state index contributed by atoms with van der Waals surface area (Å²) in [5, 5.41) is 4.03. The summed E-state index contributed by atoms with van der Waals surface area (Å²) < 4.78 is 5.39. The van der Waals surface area contributed by atoms with E-state index < -0.39 is 0 Å². The molecular weight excluding hydrogens is 402 g/mol. The van der Waals surface area contributed by atoms with Crippen LogP contribution in [0, 0.1) is 13.8 Å². The zero-order chi connectivity index (χ0) is 22.7. The van der Waals surface area contributed by atoms with E-state index in [1.807, 2.05) is 55.1 Å². The van der Waals surface area contributed by atoms with E-state index in [-0.39, 0.29) is 24.2 Å². The molecular formula is C26H31N3O3. The smallest absolute Gasteiger partial charge is 0.322 e. The van der Waals surface area contributed by atoms with Crippen molar-refractivity contribution in [3.05, 3.63) is 69.5 Å². The number of aromatic amines is 1. The van der Waals surface area contributed by atoms with Crippen molar-refractivity contribution in [3.8, 4) is 5.75 Å². The zero-order valence-corrected chi connectivity index (χ0v) is 19.0. The number of nitrogens with zero attached hydrogens (tertiary/aromatic N) is 1. The molecule has 2 amide bonds. The largest absolute Gasteiger partial charge is 0.495 e. The number of nitrogens with one attached hydrogen (secondary N) is 2. The number of benzene rings is 2. The Morgan fingerprint density at radius 1 is 1.09 bits per heavy atom. The lowest BCUT2D eigenvalue weighted by Gasteiger charge is -2.34. The van der Waals surface area contributed by atoms with Gasteiger partial charge in [0.2, 0.25) is 0 Å². The van der Waals surface area contributed by atoms with Crippen molar-refractivity contribution < 1.29 is 9.53 Å². The number of hydrogen-bond acceptors (Lipinski definition) is 3. The average Bonchev–Trinajstić information content (AvgIpc) is 2.81. The summed E-state index contributed by atoms with van der Waals surface area (Å²) in [7, 11) is 1.59. The maximum Gasteiger partial charge on any atom is 0.322 e. The van der Waals surface area contributed by atoms with Crippen molar-refractivity contribution in [2.24, 2.45) is 0 Å². The monoisotopic (exact) mass is 433 g/mol. The lowest BCUT2D eigenvalue weighted by molar-refractivity contribution is 0.162. The Balaban J connectivity index is 1.68. The van der Waals surface area contributed by atoms with Crippen LogP contribution in [0.4, 0.5) is 10.5 Å². The fourth-order valence-corrected chi connectivity index (χ4v) is 4.61. The van der Waals surface area contributed by atoms with Gasteiger partial charge >= 0.3 is 6.03 Å². The van der Waals surface area contributed by atoms with Gasteiger partial charge < -0.3 is 19.9 Å². The van der Waals surface area contributed by atoms with Gasteiger partial charge in [0.15, 0.2) is 0 Å². The maximum absolute atomic E-state index is 13.4. The minimum atomic E-state index is -0.207. The zero-order valence-electron chi connectivity index (χ0n) is 19.0. The van der Waals surface area contributed by atoms with Gasteiger partial charge in [-0.1, -0.05) is 43.5 Å². The molecule has 0 radical (unpaired) electrons. The summed E-state index contributed by atoms with van der Waals surface area (Å²) in [6.45, 7) is 4.30. The summed E-state index contributed by atoms with van der Waals surface area (Å²) in [4.78, 5) is 31.3. The molecule has 1 saturated carbocycles. The Morgan fingerprint density at radius 3 is 2.56 bits per heavy atom. The van der Waals surface area contributed by atoms with Gasteiger partial charge in [0, 0.05) is 17.0 Å². The van der Waals surface area contributed by atoms with Gasteiger partial charge in [0.05, 0.1) is 24.9 Å². The fraction of sp³-hybridized carbons (Fsp3) is 0.385. The van der Waals surface area contributed by atoms with Crippen LogP contribution in [0.2, 0.25) is 0 Å².